The lowest BCUT2D eigenvalue weighted by molar-refractivity contribution is -0.116. The molecule has 27 heavy (non-hydrogen) atoms. The third-order valence-corrected chi connectivity index (χ3v) is 4.25. The Morgan fingerprint density at radius 1 is 1.04 bits per heavy atom. The molecule has 0 aliphatic carbocycles. The van der Waals surface area contributed by atoms with Gasteiger partial charge in [-0.05, 0) is 55.8 Å². The molecule has 0 fully saturated rings. The molecule has 0 aliphatic heterocycles. The lowest BCUT2D eigenvalue weighted by Crippen LogP contribution is -3.00. The SMILES string of the molecule is COc1ccc(CCN(C)CCC(=O)Nc2cccc(C)c2)cc1OC.[Cl-]. The average Bonchev–Trinajstić information content (AvgIpc) is 2.64. The number of halogens is 1. The molecule has 0 bridgehead atoms. The van der Waals surface area contributed by atoms with Gasteiger partial charge < -0.3 is 32.1 Å². The summed E-state index contributed by atoms with van der Waals surface area (Å²) >= 11 is 0. The van der Waals surface area contributed by atoms with Crippen molar-refractivity contribution in [1.29, 1.82) is 0 Å². The summed E-state index contributed by atoms with van der Waals surface area (Å²) in [5.74, 6) is 1.51. The molecule has 0 radical (unpaired) electrons. The molecule has 6 heteroatoms. The van der Waals surface area contributed by atoms with Crippen molar-refractivity contribution in [2.75, 3.05) is 39.7 Å². The topological polar surface area (TPSA) is 50.8 Å². The third-order valence-electron chi connectivity index (χ3n) is 4.25. The first-order valence-electron chi connectivity index (χ1n) is 8.78. The van der Waals surface area contributed by atoms with Gasteiger partial charge in [0.05, 0.1) is 14.2 Å². The third kappa shape index (κ3) is 7.49. The molecule has 1 N–H and O–H groups in total. The quantitative estimate of drug-likeness (QED) is 0.677. The van der Waals surface area contributed by atoms with E-state index in [4.69, 9.17) is 9.47 Å². The molecule has 0 saturated carbocycles. The van der Waals surface area contributed by atoms with Crippen LogP contribution in [-0.2, 0) is 11.2 Å². The molecule has 0 aromatic heterocycles. The van der Waals surface area contributed by atoms with Crippen molar-refractivity contribution in [2.45, 2.75) is 19.8 Å². The van der Waals surface area contributed by atoms with Gasteiger partial charge in [-0.25, -0.2) is 0 Å². The summed E-state index contributed by atoms with van der Waals surface area (Å²) in [6.07, 6.45) is 1.35. The number of hydrogen-bond donors (Lipinski definition) is 1. The number of carbonyl (C=O) groups excluding carboxylic acids is 1. The smallest absolute Gasteiger partial charge is 0.225 e. The number of methoxy groups -OCH3 is 2. The highest BCUT2D eigenvalue weighted by Crippen LogP contribution is 2.27. The maximum absolute atomic E-state index is 12.1. The fourth-order valence-corrected chi connectivity index (χ4v) is 2.71. The molecule has 1 amide bonds. The van der Waals surface area contributed by atoms with Crippen molar-refractivity contribution in [3.05, 3.63) is 53.6 Å². The number of aryl methyl sites for hydroxylation is 1. The summed E-state index contributed by atoms with van der Waals surface area (Å²) in [6, 6.07) is 13.8. The van der Waals surface area contributed by atoms with Gasteiger partial charge in [-0.1, -0.05) is 18.2 Å². The zero-order chi connectivity index (χ0) is 18.9. The van der Waals surface area contributed by atoms with Gasteiger partial charge in [0.2, 0.25) is 5.91 Å². The summed E-state index contributed by atoms with van der Waals surface area (Å²) in [7, 11) is 5.30. The van der Waals surface area contributed by atoms with Crippen molar-refractivity contribution in [3.63, 3.8) is 0 Å². The van der Waals surface area contributed by atoms with Crippen LogP contribution < -0.4 is 27.2 Å². The van der Waals surface area contributed by atoms with Gasteiger partial charge in [0.25, 0.3) is 0 Å². The van der Waals surface area contributed by atoms with E-state index in [9.17, 15) is 4.79 Å². The van der Waals surface area contributed by atoms with Gasteiger partial charge >= 0.3 is 0 Å². The average molecular weight is 392 g/mol. The summed E-state index contributed by atoms with van der Waals surface area (Å²) in [5.41, 5.74) is 3.16. The van der Waals surface area contributed by atoms with E-state index in [1.54, 1.807) is 14.2 Å². The molecule has 148 valence electrons. The number of nitrogens with one attached hydrogen (secondary N) is 1. The molecule has 0 spiro atoms. The van der Waals surface area contributed by atoms with Gasteiger partial charge in [0.1, 0.15) is 0 Å². The van der Waals surface area contributed by atoms with Crippen LogP contribution >= 0.6 is 0 Å². The molecule has 0 heterocycles. The van der Waals surface area contributed by atoms with E-state index in [0.29, 0.717) is 13.0 Å². The maximum atomic E-state index is 12.1. The Morgan fingerprint density at radius 2 is 1.78 bits per heavy atom. The molecule has 0 saturated heterocycles. The molecule has 2 aromatic carbocycles. The van der Waals surface area contributed by atoms with Gasteiger partial charge in [0, 0.05) is 25.2 Å². The second-order valence-corrected chi connectivity index (χ2v) is 6.41. The van der Waals surface area contributed by atoms with Gasteiger partial charge in [-0.15, -0.1) is 0 Å². The van der Waals surface area contributed by atoms with Crippen LogP contribution in [0, 0.1) is 6.92 Å². The summed E-state index contributed by atoms with van der Waals surface area (Å²) in [5, 5.41) is 2.94. The molecule has 0 unspecified atom stereocenters. The highest BCUT2D eigenvalue weighted by molar-refractivity contribution is 5.90. The monoisotopic (exact) mass is 391 g/mol. The van der Waals surface area contributed by atoms with E-state index in [-0.39, 0.29) is 18.3 Å². The molecular formula is C21H28ClN2O3-. The van der Waals surface area contributed by atoms with E-state index in [2.05, 4.69) is 10.2 Å². The van der Waals surface area contributed by atoms with E-state index in [0.717, 1.165) is 35.7 Å². The predicted octanol–water partition coefficient (Wildman–Crippen LogP) is 0.519. The van der Waals surface area contributed by atoms with Crippen LogP contribution in [0.2, 0.25) is 0 Å². The highest BCUT2D eigenvalue weighted by Gasteiger charge is 2.08. The van der Waals surface area contributed by atoms with Crippen LogP contribution in [0.4, 0.5) is 5.69 Å². The second kappa shape index (κ2) is 11.5. The Morgan fingerprint density at radius 3 is 2.44 bits per heavy atom. The molecule has 5 nitrogen and oxygen atoms in total. The first-order chi connectivity index (χ1) is 12.5. The van der Waals surface area contributed by atoms with E-state index in [1.165, 1.54) is 5.56 Å². The summed E-state index contributed by atoms with van der Waals surface area (Å²) in [6.45, 7) is 3.59. The van der Waals surface area contributed by atoms with Gasteiger partial charge in [-0.3, -0.25) is 4.79 Å². The number of nitrogens with zero attached hydrogens (tertiary/aromatic N) is 1. The van der Waals surface area contributed by atoms with Gasteiger partial charge in [-0.2, -0.15) is 0 Å². The van der Waals surface area contributed by atoms with Crippen molar-refractivity contribution in [2.24, 2.45) is 0 Å². The zero-order valence-corrected chi connectivity index (χ0v) is 17.2. The fourth-order valence-electron chi connectivity index (χ4n) is 2.71. The van der Waals surface area contributed by atoms with Crippen LogP contribution in [-0.4, -0.2) is 45.2 Å². The first kappa shape index (κ1) is 22.8. The first-order valence-corrected chi connectivity index (χ1v) is 8.78. The van der Waals surface area contributed by atoms with Crippen LogP contribution in [0.15, 0.2) is 42.5 Å². The number of amides is 1. The van der Waals surface area contributed by atoms with E-state index < -0.39 is 0 Å². The molecule has 0 atom stereocenters. The number of ether oxygens (including phenoxy) is 2. The molecule has 2 aromatic rings. The zero-order valence-electron chi connectivity index (χ0n) is 16.4. The van der Waals surface area contributed by atoms with Crippen molar-refractivity contribution >= 4 is 11.6 Å². The number of hydrogen-bond acceptors (Lipinski definition) is 4. The Bertz CT molecular complexity index is 737. The lowest BCUT2D eigenvalue weighted by atomic mass is 10.1. The van der Waals surface area contributed by atoms with Crippen molar-refractivity contribution in [1.82, 2.24) is 4.90 Å². The largest absolute Gasteiger partial charge is 1.00 e. The van der Waals surface area contributed by atoms with Crippen LogP contribution in [0.3, 0.4) is 0 Å². The van der Waals surface area contributed by atoms with Crippen LogP contribution in [0.25, 0.3) is 0 Å². The highest BCUT2D eigenvalue weighted by atomic mass is 35.5. The second-order valence-electron chi connectivity index (χ2n) is 6.41. The molecule has 0 aliphatic rings. The minimum atomic E-state index is 0. The van der Waals surface area contributed by atoms with E-state index in [1.807, 2.05) is 56.4 Å². The number of anilines is 1. The number of benzene rings is 2. The van der Waals surface area contributed by atoms with Crippen LogP contribution in [0.1, 0.15) is 17.5 Å². The fraction of sp³-hybridized carbons (Fsp3) is 0.381. The number of rotatable bonds is 9. The van der Waals surface area contributed by atoms with Crippen molar-refractivity contribution in [3.8, 4) is 11.5 Å². The van der Waals surface area contributed by atoms with Crippen molar-refractivity contribution < 1.29 is 26.7 Å². The van der Waals surface area contributed by atoms with Gasteiger partial charge in [0.15, 0.2) is 11.5 Å². The van der Waals surface area contributed by atoms with E-state index >= 15 is 0 Å². The minimum Gasteiger partial charge on any atom is -1.00 e. The minimum absolute atomic E-state index is 0. The number of carbonyl (C=O) groups is 1. The standard InChI is InChI=1S/C21H28N2O3.ClH/c1-16-6-5-7-18(14-16)22-21(24)11-13-23(2)12-10-17-8-9-19(25-3)20(15-17)26-4;/h5-9,14-15H,10-13H2,1-4H3,(H,22,24);1H/p-1. The Hall–Kier alpha value is -2.24. The van der Waals surface area contributed by atoms with Crippen LogP contribution in [0.5, 0.6) is 11.5 Å². The predicted molar refractivity (Wildman–Crippen MR) is 105 cm³/mol. The number of likely N-dealkylation sites (N-methyl/N-ethyl adjacent to an activating group) is 1. The maximum Gasteiger partial charge on any atom is 0.225 e. The summed E-state index contributed by atoms with van der Waals surface area (Å²) in [4.78, 5) is 14.2. The summed E-state index contributed by atoms with van der Waals surface area (Å²) < 4.78 is 10.6. The lowest BCUT2D eigenvalue weighted by Gasteiger charge is -2.17. The Labute approximate surface area is 168 Å². The Balaban J connectivity index is 0.00000364. The molecular weight excluding hydrogens is 364 g/mol. The normalized spacial score (nSPS) is 10.3. The Kier molecular flexibility index (Phi) is 9.68. The molecule has 2 rings (SSSR count).